The molecule has 1 atom stereocenters. The maximum atomic E-state index is 13.4. The van der Waals surface area contributed by atoms with Crippen molar-refractivity contribution in [2.45, 2.75) is 70.3 Å². The normalized spacial score (nSPS) is 21.6. The van der Waals surface area contributed by atoms with Gasteiger partial charge in [-0.25, -0.2) is 9.97 Å². The molecule has 3 amide bonds. The number of nitrogens with zero attached hydrogens (tertiary/aromatic N) is 5. The Morgan fingerprint density at radius 1 is 1.04 bits per heavy atom. The topological polar surface area (TPSA) is 139 Å². The zero-order chi connectivity index (χ0) is 35.6. The summed E-state index contributed by atoms with van der Waals surface area (Å²) >= 11 is 1.65. The summed E-state index contributed by atoms with van der Waals surface area (Å²) in [5.41, 5.74) is 2.03. The zero-order valence-electron chi connectivity index (χ0n) is 29.4. The maximum absolute atomic E-state index is 13.4. The number of rotatable bonds is 9. The van der Waals surface area contributed by atoms with Gasteiger partial charge < -0.3 is 19.5 Å². The summed E-state index contributed by atoms with van der Waals surface area (Å²) in [6.45, 7) is 8.75. The number of aromatic nitrogens is 3. The van der Waals surface area contributed by atoms with Crippen LogP contribution in [0.25, 0.3) is 10.2 Å². The number of aryl methyl sites for hydroxylation is 1. The van der Waals surface area contributed by atoms with E-state index in [1.807, 2.05) is 38.1 Å². The van der Waals surface area contributed by atoms with Crippen molar-refractivity contribution in [3.63, 3.8) is 0 Å². The third kappa shape index (κ3) is 7.84. The minimum Gasteiger partial charge on any atom is -0.490 e. The molecule has 1 unspecified atom stereocenters. The third-order valence-corrected chi connectivity index (χ3v) is 11.5. The molecule has 3 aromatic heterocycles. The molecule has 0 radical (unpaired) electrons. The standard InChI is InChI=1S/C38H45N7O5S/c1-23(2)50-31-20-30-32(19-28(31)36(48)40-29-5-4-14-43(3)38(29)49)51-37(41-30)25-8-6-24(7-9-25)22-44-15-17-45(18-16-44)33-12-10-26(21-39-33)27-11-13-34(46)42-35(27)47/h4-5,10,12,14,19-21,23-25,27H,6-9,11,13,15-18,22H2,1-3H3,(H,40,48)(H,42,46,47). The number of nitrogens with one attached hydrogen (secondary N) is 2. The molecular weight excluding hydrogens is 667 g/mol. The summed E-state index contributed by atoms with van der Waals surface area (Å²) in [6, 6.07) is 11.0. The first-order valence-electron chi connectivity index (χ1n) is 18.0. The van der Waals surface area contributed by atoms with Crippen molar-refractivity contribution in [2.24, 2.45) is 13.0 Å². The number of benzene rings is 1. The molecule has 0 spiro atoms. The SMILES string of the molecule is CC(C)Oc1cc2nc(C3CCC(CN4CCN(c5ccc(C6CCC(=O)NC6=O)cn5)CC4)CC3)sc2cc1C(=O)Nc1cccn(C)c1=O. The molecule has 3 fully saturated rings. The van der Waals surface area contributed by atoms with Crippen molar-refractivity contribution in [3.05, 3.63) is 75.3 Å². The lowest BCUT2D eigenvalue weighted by Crippen LogP contribution is -2.48. The first kappa shape index (κ1) is 34.8. The molecule has 5 heterocycles. The molecule has 3 aliphatic rings. The van der Waals surface area contributed by atoms with Gasteiger partial charge in [-0.2, -0.15) is 0 Å². The smallest absolute Gasteiger partial charge is 0.274 e. The summed E-state index contributed by atoms with van der Waals surface area (Å²) in [5, 5.41) is 6.32. The fourth-order valence-corrected chi connectivity index (χ4v) is 8.63. The van der Waals surface area contributed by atoms with Gasteiger partial charge in [0.2, 0.25) is 11.8 Å². The fraction of sp³-hybridized carbons (Fsp3) is 0.474. The Labute approximate surface area is 301 Å². The van der Waals surface area contributed by atoms with E-state index >= 15 is 0 Å². The quantitative estimate of drug-likeness (QED) is 0.229. The Kier molecular flexibility index (Phi) is 10.2. The molecule has 2 saturated heterocycles. The van der Waals surface area contributed by atoms with E-state index in [2.05, 4.69) is 25.4 Å². The number of thiazole rings is 1. The van der Waals surface area contributed by atoms with Crippen molar-refractivity contribution in [2.75, 3.05) is 42.9 Å². The minimum absolute atomic E-state index is 0.134. The van der Waals surface area contributed by atoms with Crippen LogP contribution in [0.4, 0.5) is 11.5 Å². The van der Waals surface area contributed by atoms with Crippen molar-refractivity contribution in [1.29, 1.82) is 0 Å². The number of carbonyl (C=O) groups is 3. The molecule has 12 nitrogen and oxygen atoms in total. The van der Waals surface area contributed by atoms with Crippen LogP contribution < -0.4 is 25.8 Å². The van der Waals surface area contributed by atoms with Crippen LogP contribution in [0.15, 0.2) is 53.6 Å². The summed E-state index contributed by atoms with van der Waals surface area (Å²) in [4.78, 5) is 64.3. The van der Waals surface area contributed by atoms with Gasteiger partial charge in [-0.1, -0.05) is 6.07 Å². The van der Waals surface area contributed by atoms with Gasteiger partial charge in [-0.3, -0.25) is 29.4 Å². The molecule has 1 aliphatic carbocycles. The predicted molar refractivity (Wildman–Crippen MR) is 198 cm³/mol. The summed E-state index contributed by atoms with van der Waals surface area (Å²) in [6.07, 6.45) is 8.70. The summed E-state index contributed by atoms with van der Waals surface area (Å²) < 4.78 is 8.43. The number of pyridine rings is 2. The van der Waals surface area contributed by atoms with Gasteiger partial charge >= 0.3 is 0 Å². The average Bonchev–Trinajstić information content (AvgIpc) is 3.53. The first-order valence-corrected chi connectivity index (χ1v) is 18.8. The number of fused-ring (bicyclic) bond motifs is 1. The highest BCUT2D eigenvalue weighted by Crippen LogP contribution is 2.41. The molecule has 13 heteroatoms. The number of carbonyl (C=O) groups excluding carboxylic acids is 3. The summed E-state index contributed by atoms with van der Waals surface area (Å²) in [7, 11) is 1.65. The van der Waals surface area contributed by atoms with E-state index < -0.39 is 0 Å². The van der Waals surface area contributed by atoms with Crippen LogP contribution in [0.5, 0.6) is 5.75 Å². The number of piperidine rings is 1. The van der Waals surface area contributed by atoms with E-state index in [-0.39, 0.29) is 41.0 Å². The van der Waals surface area contributed by atoms with Crippen molar-refractivity contribution < 1.29 is 19.1 Å². The van der Waals surface area contributed by atoms with E-state index in [0.717, 1.165) is 85.0 Å². The molecule has 268 valence electrons. The minimum atomic E-state index is -0.383. The van der Waals surface area contributed by atoms with Crippen LogP contribution in [0.1, 0.15) is 85.1 Å². The van der Waals surface area contributed by atoms with E-state index in [1.54, 1.807) is 42.9 Å². The lowest BCUT2D eigenvalue weighted by molar-refractivity contribution is -0.134. The van der Waals surface area contributed by atoms with Gasteiger partial charge in [-0.15, -0.1) is 11.3 Å². The fourth-order valence-electron chi connectivity index (χ4n) is 7.48. The van der Waals surface area contributed by atoms with Crippen LogP contribution in [0, 0.1) is 5.92 Å². The summed E-state index contributed by atoms with van der Waals surface area (Å²) in [5.74, 6) is 1.31. The second-order valence-electron chi connectivity index (χ2n) is 14.3. The Morgan fingerprint density at radius 3 is 2.53 bits per heavy atom. The van der Waals surface area contributed by atoms with Gasteiger partial charge in [0, 0.05) is 70.6 Å². The predicted octanol–water partition coefficient (Wildman–Crippen LogP) is 5.05. The lowest BCUT2D eigenvalue weighted by atomic mass is 9.82. The molecular formula is C38H45N7O5S. The van der Waals surface area contributed by atoms with Crippen LogP contribution in [0.2, 0.25) is 0 Å². The molecule has 1 aromatic carbocycles. The zero-order valence-corrected chi connectivity index (χ0v) is 30.2. The van der Waals surface area contributed by atoms with Gasteiger partial charge in [0.15, 0.2) is 0 Å². The third-order valence-electron chi connectivity index (χ3n) is 10.3. The molecule has 51 heavy (non-hydrogen) atoms. The number of imide groups is 1. The Hall–Kier alpha value is -4.62. The van der Waals surface area contributed by atoms with Crippen LogP contribution in [-0.4, -0.2) is 76.0 Å². The number of hydrogen-bond acceptors (Lipinski definition) is 10. The highest BCUT2D eigenvalue weighted by atomic mass is 32.1. The van der Waals surface area contributed by atoms with Gasteiger partial charge in [-0.05, 0) is 81.7 Å². The second kappa shape index (κ2) is 14.9. The Morgan fingerprint density at radius 2 is 1.82 bits per heavy atom. The van der Waals surface area contributed by atoms with Crippen LogP contribution in [0.3, 0.4) is 0 Å². The average molecular weight is 712 g/mol. The Bertz CT molecular complexity index is 1970. The van der Waals surface area contributed by atoms with Gasteiger partial charge in [0.25, 0.3) is 11.5 Å². The monoisotopic (exact) mass is 711 g/mol. The van der Waals surface area contributed by atoms with Crippen LogP contribution >= 0.6 is 11.3 Å². The van der Waals surface area contributed by atoms with E-state index in [0.29, 0.717) is 36.0 Å². The second-order valence-corrected chi connectivity index (χ2v) is 15.3. The molecule has 2 N–H and O–H groups in total. The van der Waals surface area contributed by atoms with Crippen LogP contribution in [-0.2, 0) is 16.6 Å². The first-order chi connectivity index (χ1) is 24.6. The van der Waals surface area contributed by atoms with E-state index in [1.165, 1.54) is 4.57 Å². The number of anilines is 2. The highest BCUT2D eigenvalue weighted by Gasteiger charge is 2.30. The van der Waals surface area contributed by atoms with Crippen molar-refractivity contribution in [3.8, 4) is 5.75 Å². The number of amides is 3. The lowest BCUT2D eigenvalue weighted by Gasteiger charge is -2.38. The number of ether oxygens (including phenoxy) is 1. The van der Waals surface area contributed by atoms with E-state index in [4.69, 9.17) is 9.72 Å². The maximum Gasteiger partial charge on any atom is 0.274 e. The highest BCUT2D eigenvalue weighted by molar-refractivity contribution is 7.18. The number of piperazine rings is 1. The Balaban J connectivity index is 0.930. The molecule has 7 rings (SSSR count). The molecule has 4 aromatic rings. The molecule has 2 aliphatic heterocycles. The number of hydrogen-bond donors (Lipinski definition) is 2. The van der Waals surface area contributed by atoms with E-state index in [9.17, 15) is 19.2 Å². The molecule has 0 bridgehead atoms. The van der Waals surface area contributed by atoms with Gasteiger partial charge in [0.05, 0.1) is 32.8 Å². The molecule has 1 saturated carbocycles. The van der Waals surface area contributed by atoms with Crippen molar-refractivity contribution in [1.82, 2.24) is 24.8 Å². The van der Waals surface area contributed by atoms with Crippen molar-refractivity contribution >= 4 is 50.8 Å². The largest absolute Gasteiger partial charge is 0.490 e. The van der Waals surface area contributed by atoms with Gasteiger partial charge in [0.1, 0.15) is 17.3 Å².